The van der Waals surface area contributed by atoms with Crippen LogP contribution in [0.4, 0.5) is 22.0 Å². The van der Waals surface area contributed by atoms with Crippen LogP contribution in [0.3, 0.4) is 0 Å². The highest BCUT2D eigenvalue weighted by molar-refractivity contribution is 5.86. The van der Waals surface area contributed by atoms with Gasteiger partial charge in [0.05, 0.1) is 0 Å². The van der Waals surface area contributed by atoms with Gasteiger partial charge in [0.25, 0.3) is 6.08 Å². The molecule has 0 aliphatic rings. The number of halogens is 5. The van der Waals surface area contributed by atoms with Crippen molar-refractivity contribution in [2.24, 2.45) is 0 Å². The Morgan fingerprint density at radius 3 is 2.16 bits per heavy atom. The van der Waals surface area contributed by atoms with Crippen molar-refractivity contribution in [3.05, 3.63) is 88.3 Å². The molecule has 3 rings (SSSR count). The quantitative estimate of drug-likeness (QED) is 0.216. The van der Waals surface area contributed by atoms with Crippen LogP contribution < -0.4 is 0 Å². The van der Waals surface area contributed by atoms with Gasteiger partial charge in [0.2, 0.25) is 0 Å². The van der Waals surface area contributed by atoms with Crippen molar-refractivity contribution < 1.29 is 22.0 Å². The van der Waals surface area contributed by atoms with Crippen LogP contribution in [0.5, 0.6) is 0 Å². The van der Waals surface area contributed by atoms with Gasteiger partial charge in [-0.1, -0.05) is 62.9 Å². The van der Waals surface area contributed by atoms with Gasteiger partial charge in [-0.25, -0.2) is 13.2 Å². The van der Waals surface area contributed by atoms with E-state index in [1.54, 1.807) is 18.2 Å². The van der Waals surface area contributed by atoms with E-state index in [4.69, 9.17) is 0 Å². The van der Waals surface area contributed by atoms with Crippen molar-refractivity contribution in [1.29, 1.82) is 0 Å². The van der Waals surface area contributed by atoms with Crippen LogP contribution in [0.2, 0.25) is 0 Å². The molecule has 32 heavy (non-hydrogen) atoms. The molecule has 170 valence electrons. The zero-order chi connectivity index (χ0) is 23.1. The molecule has 0 aliphatic heterocycles. The van der Waals surface area contributed by atoms with Gasteiger partial charge < -0.3 is 0 Å². The molecule has 0 aliphatic carbocycles. The van der Waals surface area contributed by atoms with Gasteiger partial charge in [0.1, 0.15) is 17.5 Å². The summed E-state index contributed by atoms with van der Waals surface area (Å²) < 4.78 is 68.4. The molecule has 0 nitrogen and oxygen atoms in total. The van der Waals surface area contributed by atoms with Crippen LogP contribution in [-0.2, 0) is 19.3 Å². The molecule has 0 amide bonds. The van der Waals surface area contributed by atoms with E-state index in [2.05, 4.69) is 6.92 Å². The van der Waals surface area contributed by atoms with Gasteiger partial charge in [-0.2, -0.15) is 8.78 Å². The molecule has 0 heterocycles. The molecule has 3 aromatic rings. The highest BCUT2D eigenvalue weighted by Gasteiger charge is 2.13. The Morgan fingerprint density at radius 2 is 1.47 bits per heavy atom. The Kier molecular flexibility index (Phi) is 8.43. The average molecular weight is 447 g/mol. The van der Waals surface area contributed by atoms with Crippen LogP contribution in [0.25, 0.3) is 16.8 Å². The number of hydrogen-bond donors (Lipinski definition) is 0. The summed E-state index contributed by atoms with van der Waals surface area (Å²) >= 11 is 0. The summed E-state index contributed by atoms with van der Waals surface area (Å²) in [5.41, 5.74) is 1.33. The number of hydrogen-bond acceptors (Lipinski definition) is 0. The van der Waals surface area contributed by atoms with Crippen LogP contribution in [0.15, 0.2) is 48.5 Å². The van der Waals surface area contributed by atoms with Gasteiger partial charge in [0, 0.05) is 22.6 Å². The maximum absolute atomic E-state index is 14.5. The lowest BCUT2D eigenvalue weighted by molar-refractivity contribution is 0.429. The predicted octanol–water partition coefficient (Wildman–Crippen LogP) is 8.79. The van der Waals surface area contributed by atoms with Crippen LogP contribution >= 0.6 is 0 Å². The van der Waals surface area contributed by atoms with Gasteiger partial charge in [-0.05, 0) is 54.3 Å². The zero-order valence-electron chi connectivity index (χ0n) is 18.2. The van der Waals surface area contributed by atoms with E-state index in [0.717, 1.165) is 31.2 Å². The van der Waals surface area contributed by atoms with Gasteiger partial charge in [-0.15, -0.1) is 0 Å². The van der Waals surface area contributed by atoms with E-state index in [9.17, 15) is 22.0 Å². The Hall–Kier alpha value is -2.69. The highest BCUT2D eigenvalue weighted by atomic mass is 19.3. The van der Waals surface area contributed by atoms with Crippen molar-refractivity contribution in [2.75, 3.05) is 0 Å². The van der Waals surface area contributed by atoms with Crippen molar-refractivity contribution in [3.8, 4) is 0 Å². The van der Waals surface area contributed by atoms with Crippen molar-refractivity contribution in [1.82, 2.24) is 0 Å². The number of fused-ring (bicyclic) bond motifs is 1. The molecule has 0 N–H and O–H groups in total. The summed E-state index contributed by atoms with van der Waals surface area (Å²) in [5, 5.41) is 0.778. The third kappa shape index (κ3) is 6.18. The molecular weight excluding hydrogens is 419 g/mol. The Morgan fingerprint density at radius 1 is 0.750 bits per heavy atom. The van der Waals surface area contributed by atoms with E-state index >= 15 is 0 Å². The zero-order valence-corrected chi connectivity index (χ0v) is 18.2. The molecule has 0 spiro atoms. The molecule has 0 saturated heterocycles. The maximum Gasteiger partial charge on any atom is 0.271 e. The summed E-state index contributed by atoms with van der Waals surface area (Å²) in [4.78, 5) is 0. The first kappa shape index (κ1) is 24.0. The third-order valence-electron chi connectivity index (χ3n) is 5.75. The molecular formula is C27H27F5. The molecule has 0 fully saturated rings. The standard InChI is InChI=1S/C27H27F5/c1-2-3-4-5-6-7-19-15-24(28)23(25(29)16-19)13-9-18-8-12-22-20(14-18)10-11-21(27(22)32)17-26(30)31/h8,10-12,14-17H,2-7,9,13H2,1H3. The minimum Gasteiger partial charge on any atom is -0.207 e. The maximum atomic E-state index is 14.5. The third-order valence-corrected chi connectivity index (χ3v) is 5.75. The second-order valence-electron chi connectivity index (χ2n) is 8.16. The molecule has 0 radical (unpaired) electrons. The van der Waals surface area contributed by atoms with Gasteiger partial charge in [0.15, 0.2) is 0 Å². The average Bonchev–Trinajstić information content (AvgIpc) is 2.75. The van der Waals surface area contributed by atoms with Crippen molar-refractivity contribution >= 4 is 16.8 Å². The minimum atomic E-state index is -1.97. The monoisotopic (exact) mass is 446 g/mol. The number of benzene rings is 3. The number of aryl methyl sites for hydroxylation is 2. The van der Waals surface area contributed by atoms with E-state index in [1.807, 2.05) is 0 Å². The lowest BCUT2D eigenvalue weighted by Gasteiger charge is -2.10. The molecule has 0 unspecified atom stereocenters. The normalized spacial score (nSPS) is 11.2. The lowest BCUT2D eigenvalue weighted by Crippen LogP contribution is -2.01. The molecule has 0 bridgehead atoms. The topological polar surface area (TPSA) is 0 Å². The predicted molar refractivity (Wildman–Crippen MR) is 120 cm³/mol. The fourth-order valence-corrected chi connectivity index (χ4v) is 3.98. The highest BCUT2D eigenvalue weighted by Crippen LogP contribution is 2.26. The Labute approximate surface area is 185 Å². The van der Waals surface area contributed by atoms with E-state index in [0.29, 0.717) is 29.9 Å². The molecule has 5 heteroatoms. The number of unbranched alkanes of at least 4 members (excludes halogenated alkanes) is 4. The summed E-state index contributed by atoms with van der Waals surface area (Å²) in [5.74, 6) is -1.79. The van der Waals surface area contributed by atoms with Gasteiger partial charge >= 0.3 is 0 Å². The van der Waals surface area contributed by atoms with Crippen molar-refractivity contribution in [2.45, 2.75) is 58.3 Å². The molecule has 0 atom stereocenters. The van der Waals surface area contributed by atoms with Crippen LogP contribution in [-0.4, -0.2) is 0 Å². The Balaban J connectivity index is 1.68. The van der Waals surface area contributed by atoms with E-state index < -0.39 is 23.5 Å². The first-order valence-electron chi connectivity index (χ1n) is 11.1. The smallest absolute Gasteiger partial charge is 0.207 e. The second kappa shape index (κ2) is 11.3. The lowest BCUT2D eigenvalue weighted by atomic mass is 9.97. The fraction of sp³-hybridized carbons (Fsp3) is 0.333. The van der Waals surface area contributed by atoms with Crippen LogP contribution in [0.1, 0.15) is 61.3 Å². The first-order chi connectivity index (χ1) is 15.4. The SMILES string of the molecule is CCCCCCCc1cc(F)c(CCc2ccc3c(F)c(C=C(F)F)ccc3c2)c(F)c1. The largest absolute Gasteiger partial charge is 0.271 e. The fourth-order valence-electron chi connectivity index (χ4n) is 3.98. The van der Waals surface area contributed by atoms with Crippen molar-refractivity contribution in [3.63, 3.8) is 0 Å². The first-order valence-corrected chi connectivity index (χ1v) is 11.1. The minimum absolute atomic E-state index is 0.0462. The van der Waals surface area contributed by atoms with Gasteiger partial charge in [-0.3, -0.25) is 0 Å². The van der Waals surface area contributed by atoms with E-state index in [1.165, 1.54) is 30.7 Å². The molecule has 3 aromatic carbocycles. The number of rotatable bonds is 10. The summed E-state index contributed by atoms with van der Waals surface area (Å²) in [6.07, 6.45) is 5.19. The summed E-state index contributed by atoms with van der Waals surface area (Å²) in [7, 11) is 0. The second-order valence-corrected chi connectivity index (χ2v) is 8.16. The molecule has 0 aromatic heterocycles. The van der Waals surface area contributed by atoms with Crippen LogP contribution in [0, 0.1) is 17.5 Å². The summed E-state index contributed by atoms with van der Waals surface area (Å²) in [6.45, 7) is 2.14. The summed E-state index contributed by atoms with van der Waals surface area (Å²) in [6, 6.07) is 10.6. The Bertz CT molecular complexity index is 1070. The molecule has 0 saturated carbocycles. The van der Waals surface area contributed by atoms with E-state index in [-0.39, 0.29) is 22.9 Å².